The molecule has 0 aromatic rings. The molecule has 3 saturated heterocycles. The summed E-state index contributed by atoms with van der Waals surface area (Å²) < 4.78 is 36.7. The Kier molecular flexibility index (Phi) is 14.9. The third kappa shape index (κ3) is 9.62. The van der Waals surface area contributed by atoms with Gasteiger partial charge in [-0.15, -0.1) is 0 Å². The van der Waals surface area contributed by atoms with E-state index >= 15 is 0 Å². The van der Waals surface area contributed by atoms with Crippen LogP contribution in [0.5, 0.6) is 0 Å². The van der Waals surface area contributed by atoms with Gasteiger partial charge in [0.05, 0.1) is 48.1 Å². The van der Waals surface area contributed by atoms with Crippen LogP contribution in [-0.2, 0) is 38.0 Å². The van der Waals surface area contributed by atoms with Gasteiger partial charge in [0.2, 0.25) is 0 Å². The highest BCUT2D eigenvalue weighted by atomic mass is 16.7. The molecule has 292 valence electrons. The van der Waals surface area contributed by atoms with Gasteiger partial charge in [-0.25, -0.2) is 0 Å². The highest BCUT2D eigenvalue weighted by Crippen LogP contribution is 2.40. The lowest BCUT2D eigenvalue weighted by Crippen LogP contribution is -2.61. The number of aliphatic hydroxyl groups excluding tert-OH is 3. The van der Waals surface area contributed by atoms with E-state index in [1.54, 1.807) is 34.6 Å². The van der Waals surface area contributed by atoms with Crippen LogP contribution in [0.1, 0.15) is 88.0 Å². The molecule has 0 amide bonds. The number of nitrogens with zero attached hydrogens (tertiary/aromatic N) is 1. The van der Waals surface area contributed by atoms with Crippen LogP contribution in [0.3, 0.4) is 0 Å². The van der Waals surface area contributed by atoms with Gasteiger partial charge in [0.1, 0.15) is 23.9 Å². The number of carbonyl (C=O) groups is 2. The van der Waals surface area contributed by atoms with E-state index in [0.717, 1.165) is 0 Å². The van der Waals surface area contributed by atoms with Crippen molar-refractivity contribution in [3.05, 3.63) is 0 Å². The quantitative estimate of drug-likeness (QED) is 0.237. The van der Waals surface area contributed by atoms with Crippen molar-refractivity contribution in [1.29, 1.82) is 0 Å². The summed E-state index contributed by atoms with van der Waals surface area (Å²) in [6, 6.07) is -0.349. The van der Waals surface area contributed by atoms with Crippen molar-refractivity contribution < 1.29 is 63.5 Å². The number of rotatable bonds is 7. The first-order valence-corrected chi connectivity index (χ1v) is 18.1. The fraction of sp³-hybridized carbons (Fsp3) is 0.944. The van der Waals surface area contributed by atoms with E-state index < -0.39 is 114 Å². The molecule has 14 heteroatoms. The number of Topliss-reactive ketones (excluding diaryl/α,β-unsaturated/α-hetero) is 1. The maximum absolute atomic E-state index is 14.0. The fourth-order valence-corrected chi connectivity index (χ4v) is 8.17. The first-order chi connectivity index (χ1) is 23.1. The number of cyclic esters (lactones) is 1. The maximum atomic E-state index is 14.0. The van der Waals surface area contributed by atoms with Gasteiger partial charge in [0, 0.05) is 43.7 Å². The molecule has 0 radical (unpaired) electrons. The molecule has 0 saturated carbocycles. The molecular weight excluding hydrogens is 654 g/mol. The van der Waals surface area contributed by atoms with E-state index in [0.29, 0.717) is 12.8 Å². The maximum Gasteiger partial charge on any atom is 0.311 e. The second-order valence-corrected chi connectivity index (χ2v) is 15.8. The molecule has 0 aromatic carbocycles. The van der Waals surface area contributed by atoms with Crippen LogP contribution in [0.2, 0.25) is 0 Å². The minimum Gasteiger partial charge on any atom is -0.462 e. The summed E-state index contributed by atoms with van der Waals surface area (Å²) in [4.78, 5) is 29.7. The SMILES string of the molecule is CC[C@H]1OC(=O)[C@H](C)[C@@H](OC2CC(OC)C(O)C(C)O2)[C@H](C)[C@@H](OC2OC(C)CC(N(C)C)C2O)[C@](C)(O)C[C@](C)(O)C(=O)[C@H](C)[C@@H](O)[C@H]1C. The Morgan fingerprint density at radius 1 is 0.860 bits per heavy atom. The third-order valence-corrected chi connectivity index (χ3v) is 11.2. The zero-order valence-electron chi connectivity index (χ0n) is 32.0. The van der Waals surface area contributed by atoms with Crippen molar-refractivity contribution in [1.82, 2.24) is 4.90 Å². The monoisotopic (exact) mass is 719 g/mol. The number of hydrogen-bond acceptors (Lipinski definition) is 14. The summed E-state index contributed by atoms with van der Waals surface area (Å²) >= 11 is 0. The predicted octanol–water partition coefficient (Wildman–Crippen LogP) is 1.40. The lowest BCUT2D eigenvalue weighted by atomic mass is 9.73. The van der Waals surface area contributed by atoms with Crippen LogP contribution in [0.4, 0.5) is 0 Å². The van der Waals surface area contributed by atoms with Crippen molar-refractivity contribution in [3.63, 3.8) is 0 Å². The Morgan fingerprint density at radius 2 is 1.48 bits per heavy atom. The topological polar surface area (TPSA) is 194 Å². The highest BCUT2D eigenvalue weighted by Gasteiger charge is 2.53. The molecule has 8 unspecified atom stereocenters. The molecule has 50 heavy (non-hydrogen) atoms. The van der Waals surface area contributed by atoms with Gasteiger partial charge in [-0.1, -0.05) is 27.7 Å². The molecule has 0 aliphatic carbocycles. The van der Waals surface area contributed by atoms with Crippen LogP contribution in [-0.4, -0.2) is 148 Å². The molecule has 3 fully saturated rings. The predicted molar refractivity (Wildman–Crippen MR) is 182 cm³/mol. The Morgan fingerprint density at radius 3 is 2.04 bits per heavy atom. The Bertz CT molecular complexity index is 1120. The number of likely N-dealkylation sites (N-methyl/N-ethyl adjacent to an activating group) is 1. The number of hydrogen-bond donors (Lipinski definition) is 5. The largest absolute Gasteiger partial charge is 0.462 e. The summed E-state index contributed by atoms with van der Waals surface area (Å²) in [5, 5.41) is 57.4. The molecule has 0 aromatic heterocycles. The average Bonchev–Trinajstić information content (AvgIpc) is 3.04. The molecule has 3 aliphatic rings. The first kappa shape index (κ1) is 43.1. The fourth-order valence-electron chi connectivity index (χ4n) is 8.17. The standard InChI is InChI=1S/C36H65NO13/c1-13-24-18(3)27(38)19(4)31(41)35(8,43)16-36(9,44)32(50-34-29(40)23(37(10)11)14-17(2)46-34)20(5)30(21(6)33(42)48-24)49-26-15-25(45-12)28(39)22(7)47-26/h17-30,32,34,38-40,43-44H,13-16H2,1-12H3/t17?,18-,19+,20-,21+,22?,23?,24+,25?,26?,27-,28?,29?,30-,32+,34?,35-,36+/m0/s1. The zero-order chi connectivity index (χ0) is 38.0. The van der Waals surface area contributed by atoms with Crippen LogP contribution in [0, 0.1) is 23.7 Å². The van der Waals surface area contributed by atoms with Gasteiger partial charge in [-0.05, 0) is 61.6 Å². The minimum atomic E-state index is -2.13. The van der Waals surface area contributed by atoms with Crippen molar-refractivity contribution in [2.75, 3.05) is 21.2 Å². The molecular formula is C36H65NO13. The van der Waals surface area contributed by atoms with Gasteiger partial charge in [0.25, 0.3) is 0 Å². The second kappa shape index (κ2) is 17.2. The second-order valence-electron chi connectivity index (χ2n) is 15.8. The van der Waals surface area contributed by atoms with Crippen LogP contribution in [0.15, 0.2) is 0 Å². The van der Waals surface area contributed by atoms with Gasteiger partial charge in [-0.2, -0.15) is 0 Å². The van der Waals surface area contributed by atoms with E-state index in [1.165, 1.54) is 27.9 Å². The van der Waals surface area contributed by atoms with Crippen molar-refractivity contribution in [3.8, 4) is 0 Å². The van der Waals surface area contributed by atoms with Crippen LogP contribution in [0.25, 0.3) is 0 Å². The molecule has 3 heterocycles. The molecule has 0 spiro atoms. The molecule has 3 rings (SSSR count). The van der Waals surface area contributed by atoms with E-state index in [-0.39, 0.29) is 18.6 Å². The Hall–Kier alpha value is -1.30. The average molecular weight is 720 g/mol. The summed E-state index contributed by atoms with van der Waals surface area (Å²) in [6.45, 7) is 14.6. The lowest BCUT2D eigenvalue weighted by molar-refractivity contribution is -0.312. The minimum absolute atomic E-state index is 0.128. The van der Waals surface area contributed by atoms with Crippen LogP contribution >= 0.6 is 0 Å². The van der Waals surface area contributed by atoms with Gasteiger partial charge < -0.3 is 58.9 Å². The zero-order valence-corrected chi connectivity index (χ0v) is 32.0. The van der Waals surface area contributed by atoms with E-state index in [9.17, 15) is 35.1 Å². The first-order valence-electron chi connectivity index (χ1n) is 18.1. The number of aliphatic hydroxyl groups is 5. The summed E-state index contributed by atoms with van der Waals surface area (Å²) in [6.07, 6.45) is -9.86. The Balaban J connectivity index is 2.17. The molecule has 18 atom stereocenters. The third-order valence-electron chi connectivity index (χ3n) is 11.2. The van der Waals surface area contributed by atoms with Crippen LogP contribution < -0.4 is 0 Å². The van der Waals surface area contributed by atoms with Crippen molar-refractivity contribution in [2.24, 2.45) is 23.7 Å². The van der Waals surface area contributed by atoms with E-state index in [2.05, 4.69) is 0 Å². The molecule has 5 N–H and O–H groups in total. The summed E-state index contributed by atoms with van der Waals surface area (Å²) in [7, 11) is 5.14. The highest BCUT2D eigenvalue weighted by molar-refractivity contribution is 5.89. The van der Waals surface area contributed by atoms with Crippen molar-refractivity contribution >= 4 is 11.8 Å². The number of ketones is 1. The lowest BCUT2D eigenvalue weighted by Gasteiger charge is -2.48. The number of ether oxygens (including phenoxy) is 6. The van der Waals surface area contributed by atoms with Gasteiger partial charge in [-0.3, -0.25) is 9.59 Å². The Labute approximate surface area is 297 Å². The van der Waals surface area contributed by atoms with E-state index in [1.807, 2.05) is 25.9 Å². The molecule has 0 bridgehead atoms. The summed E-state index contributed by atoms with van der Waals surface area (Å²) in [5.41, 5.74) is -4.13. The van der Waals surface area contributed by atoms with E-state index in [4.69, 9.17) is 28.4 Å². The molecule has 3 aliphatic heterocycles. The summed E-state index contributed by atoms with van der Waals surface area (Å²) in [5.74, 6) is -4.98. The normalized spacial score (nSPS) is 49.0. The van der Waals surface area contributed by atoms with Crippen molar-refractivity contribution in [2.45, 2.75) is 173 Å². The smallest absolute Gasteiger partial charge is 0.311 e. The molecule has 14 nitrogen and oxygen atoms in total. The number of carbonyl (C=O) groups excluding carboxylic acids is 2. The van der Waals surface area contributed by atoms with Gasteiger partial charge in [0.15, 0.2) is 18.4 Å². The number of esters is 1. The van der Waals surface area contributed by atoms with Gasteiger partial charge >= 0.3 is 5.97 Å². The number of methoxy groups -OCH3 is 1.